The summed E-state index contributed by atoms with van der Waals surface area (Å²) in [6.45, 7) is 1.80. The second-order valence-electron chi connectivity index (χ2n) is 5.71. The van der Waals surface area contributed by atoms with Crippen LogP contribution in [0.25, 0.3) is 0 Å². The van der Waals surface area contributed by atoms with Gasteiger partial charge in [0.05, 0.1) is 18.4 Å². The summed E-state index contributed by atoms with van der Waals surface area (Å²) in [6, 6.07) is 9.63. The molecule has 1 saturated heterocycles. The number of ether oxygens (including phenoxy) is 2. The summed E-state index contributed by atoms with van der Waals surface area (Å²) in [5.74, 6) is 0.296. The normalized spacial score (nSPS) is 19.5. The van der Waals surface area contributed by atoms with Crippen LogP contribution in [-0.4, -0.2) is 29.7 Å². The van der Waals surface area contributed by atoms with E-state index in [-0.39, 0.29) is 5.91 Å². The Balaban J connectivity index is 1.45. The summed E-state index contributed by atoms with van der Waals surface area (Å²) in [7, 11) is 0. The van der Waals surface area contributed by atoms with E-state index in [9.17, 15) is 4.79 Å². The molecule has 0 N–H and O–H groups in total. The number of rotatable bonds is 1. The minimum Gasteiger partial charge on any atom is -0.472 e. The van der Waals surface area contributed by atoms with Gasteiger partial charge in [-0.15, -0.1) is 0 Å². The molecule has 0 radical (unpaired) electrons. The predicted octanol–water partition coefficient (Wildman–Crippen LogP) is 2.82. The number of hydrogen-bond donors (Lipinski definition) is 0. The van der Waals surface area contributed by atoms with Crippen molar-refractivity contribution in [2.75, 3.05) is 13.1 Å². The first kappa shape index (κ1) is 13.4. The number of benzene rings is 1. The molecule has 0 bridgehead atoms. The molecule has 114 valence electrons. The van der Waals surface area contributed by atoms with Crippen LogP contribution in [0.3, 0.4) is 0 Å². The second-order valence-corrected chi connectivity index (χ2v) is 5.71. The van der Waals surface area contributed by atoms with Gasteiger partial charge < -0.3 is 18.8 Å². The molecule has 4 rings (SSSR count). The van der Waals surface area contributed by atoms with Crippen molar-refractivity contribution in [3.63, 3.8) is 0 Å². The molecule has 2 aromatic rings. The third-order valence-electron chi connectivity index (χ3n) is 4.34. The summed E-state index contributed by atoms with van der Waals surface area (Å²) < 4.78 is 17.1. The third-order valence-corrected chi connectivity index (χ3v) is 4.34. The van der Waals surface area contributed by atoms with Gasteiger partial charge in [-0.1, -0.05) is 18.2 Å². The van der Waals surface area contributed by atoms with Gasteiger partial charge in [-0.25, -0.2) is 0 Å². The Morgan fingerprint density at radius 2 is 1.95 bits per heavy atom. The molecule has 0 aliphatic carbocycles. The highest BCUT2D eigenvalue weighted by Gasteiger charge is 2.41. The Labute approximate surface area is 128 Å². The monoisotopic (exact) mass is 299 g/mol. The molecule has 0 saturated carbocycles. The van der Waals surface area contributed by atoms with Crippen molar-refractivity contribution >= 4 is 5.91 Å². The Morgan fingerprint density at radius 1 is 1.14 bits per heavy atom. The fourth-order valence-corrected chi connectivity index (χ4v) is 3.03. The lowest BCUT2D eigenvalue weighted by Crippen LogP contribution is -2.52. The third kappa shape index (κ3) is 2.27. The number of piperidine rings is 1. The summed E-state index contributed by atoms with van der Waals surface area (Å²) >= 11 is 0. The first-order valence-electron chi connectivity index (χ1n) is 7.48. The highest BCUT2D eigenvalue weighted by molar-refractivity contribution is 5.93. The minimum absolute atomic E-state index is 0.000176. The van der Waals surface area contributed by atoms with Crippen LogP contribution in [0.4, 0.5) is 0 Å². The predicted molar refractivity (Wildman–Crippen MR) is 78.4 cm³/mol. The number of carbonyl (C=O) groups is 1. The van der Waals surface area contributed by atoms with E-state index in [4.69, 9.17) is 13.9 Å². The molecule has 3 heterocycles. The number of carbonyl (C=O) groups excluding carboxylic acids is 1. The maximum absolute atomic E-state index is 12.3. The summed E-state index contributed by atoms with van der Waals surface area (Å²) in [6.07, 6.45) is 4.34. The molecule has 1 fully saturated rings. The van der Waals surface area contributed by atoms with Crippen molar-refractivity contribution in [2.45, 2.75) is 25.2 Å². The number of fused-ring (bicyclic) bond motifs is 1. The highest BCUT2D eigenvalue weighted by Crippen LogP contribution is 2.37. The number of para-hydroxylation sites is 1. The van der Waals surface area contributed by atoms with Gasteiger partial charge in [0.2, 0.25) is 5.79 Å². The number of nitrogens with zero attached hydrogens (tertiary/aromatic N) is 1. The van der Waals surface area contributed by atoms with E-state index >= 15 is 0 Å². The highest BCUT2D eigenvalue weighted by atomic mass is 16.7. The molecule has 22 heavy (non-hydrogen) atoms. The molecular formula is C17H17NO4. The fraction of sp³-hybridized carbons (Fsp3) is 0.353. The van der Waals surface area contributed by atoms with Crippen LogP contribution in [0.2, 0.25) is 0 Å². The Morgan fingerprint density at radius 3 is 2.73 bits per heavy atom. The van der Waals surface area contributed by atoms with Crippen molar-refractivity contribution in [1.82, 2.24) is 4.90 Å². The standard InChI is InChI=1S/C17H17NO4/c19-16(14-5-10-20-11-14)18-8-6-17(7-9-18)21-12-13-3-1-2-4-15(13)22-17/h1-5,10-11H,6-9,12H2. The van der Waals surface area contributed by atoms with Gasteiger partial charge in [-0.3, -0.25) is 4.79 Å². The molecule has 2 aliphatic rings. The van der Waals surface area contributed by atoms with Gasteiger partial charge >= 0.3 is 0 Å². The number of furan rings is 1. The summed E-state index contributed by atoms with van der Waals surface area (Å²) in [5.41, 5.74) is 1.66. The molecule has 2 aliphatic heterocycles. The van der Waals surface area contributed by atoms with E-state index in [0.29, 0.717) is 38.1 Å². The molecule has 5 heteroatoms. The van der Waals surface area contributed by atoms with Crippen molar-refractivity contribution in [1.29, 1.82) is 0 Å². The fourth-order valence-electron chi connectivity index (χ4n) is 3.03. The van der Waals surface area contributed by atoms with Crippen molar-refractivity contribution < 1.29 is 18.7 Å². The van der Waals surface area contributed by atoms with E-state index in [2.05, 4.69) is 0 Å². The zero-order chi connectivity index (χ0) is 15.0. The van der Waals surface area contributed by atoms with E-state index < -0.39 is 5.79 Å². The molecule has 1 amide bonds. The van der Waals surface area contributed by atoms with E-state index in [1.807, 2.05) is 29.2 Å². The average molecular weight is 299 g/mol. The SMILES string of the molecule is O=C(c1ccoc1)N1CCC2(CC1)OCc1ccccc1O2. The van der Waals surface area contributed by atoms with Crippen LogP contribution in [0.1, 0.15) is 28.8 Å². The number of hydrogen-bond acceptors (Lipinski definition) is 4. The van der Waals surface area contributed by atoms with Crippen LogP contribution in [0.5, 0.6) is 5.75 Å². The zero-order valence-electron chi connectivity index (χ0n) is 12.2. The van der Waals surface area contributed by atoms with E-state index in [1.165, 1.54) is 12.5 Å². The smallest absolute Gasteiger partial charge is 0.257 e. The Bertz CT molecular complexity index is 672. The van der Waals surface area contributed by atoms with Crippen LogP contribution in [0.15, 0.2) is 47.3 Å². The van der Waals surface area contributed by atoms with Gasteiger partial charge in [0.1, 0.15) is 12.0 Å². The maximum Gasteiger partial charge on any atom is 0.257 e. The second kappa shape index (κ2) is 5.18. The molecule has 0 unspecified atom stereocenters. The first-order valence-corrected chi connectivity index (χ1v) is 7.48. The number of amides is 1. The maximum atomic E-state index is 12.3. The summed E-state index contributed by atoms with van der Waals surface area (Å²) in [5, 5.41) is 0. The van der Waals surface area contributed by atoms with Crippen molar-refractivity contribution in [2.24, 2.45) is 0 Å². The molecule has 1 spiro atoms. The first-order chi connectivity index (χ1) is 10.8. The number of likely N-dealkylation sites (tertiary alicyclic amines) is 1. The van der Waals surface area contributed by atoms with Gasteiger partial charge in [0.25, 0.3) is 5.91 Å². The molecular weight excluding hydrogens is 282 g/mol. The quantitative estimate of drug-likeness (QED) is 0.812. The van der Waals surface area contributed by atoms with Gasteiger partial charge in [-0.05, 0) is 12.1 Å². The molecule has 1 aromatic carbocycles. The lowest BCUT2D eigenvalue weighted by atomic mass is 10.0. The topological polar surface area (TPSA) is 51.9 Å². The molecule has 0 atom stereocenters. The zero-order valence-corrected chi connectivity index (χ0v) is 12.2. The van der Waals surface area contributed by atoms with Crippen LogP contribution in [-0.2, 0) is 11.3 Å². The van der Waals surface area contributed by atoms with E-state index in [1.54, 1.807) is 6.07 Å². The van der Waals surface area contributed by atoms with Crippen molar-refractivity contribution in [3.8, 4) is 5.75 Å². The average Bonchev–Trinajstić information content (AvgIpc) is 3.09. The minimum atomic E-state index is -0.596. The molecule has 1 aromatic heterocycles. The Hall–Kier alpha value is -2.27. The van der Waals surface area contributed by atoms with Gasteiger partial charge in [0, 0.05) is 31.5 Å². The van der Waals surface area contributed by atoms with Crippen LogP contribution >= 0.6 is 0 Å². The van der Waals surface area contributed by atoms with Gasteiger partial charge in [-0.2, -0.15) is 0 Å². The van der Waals surface area contributed by atoms with Crippen LogP contribution in [0, 0.1) is 0 Å². The Kier molecular flexibility index (Phi) is 3.15. The van der Waals surface area contributed by atoms with Crippen LogP contribution < -0.4 is 4.74 Å². The lowest BCUT2D eigenvalue weighted by molar-refractivity contribution is -0.225. The summed E-state index contributed by atoms with van der Waals surface area (Å²) in [4.78, 5) is 14.1. The van der Waals surface area contributed by atoms with Crippen molar-refractivity contribution in [3.05, 3.63) is 54.0 Å². The van der Waals surface area contributed by atoms with E-state index in [0.717, 1.165) is 11.3 Å². The van der Waals surface area contributed by atoms with Gasteiger partial charge in [0.15, 0.2) is 0 Å². The molecule has 5 nitrogen and oxygen atoms in total. The largest absolute Gasteiger partial charge is 0.472 e. The lowest BCUT2D eigenvalue weighted by Gasteiger charge is -2.43.